The first-order valence-corrected chi connectivity index (χ1v) is 8.11. The Morgan fingerprint density at radius 2 is 2.20 bits per heavy atom. The van der Waals surface area contributed by atoms with Gasteiger partial charge in [0.15, 0.2) is 0 Å². The fourth-order valence-corrected chi connectivity index (χ4v) is 3.40. The zero-order valence-corrected chi connectivity index (χ0v) is 13.9. The van der Waals surface area contributed by atoms with Crippen molar-refractivity contribution in [3.05, 3.63) is 50.4 Å². The number of rotatable bonds is 6. The molecular formula is C15H17BrFNOS. The highest BCUT2D eigenvalue weighted by Gasteiger charge is 2.16. The molecule has 0 radical (unpaired) electrons. The molecule has 0 aliphatic heterocycles. The topological polar surface area (TPSA) is 21.3 Å². The Kier molecular flexibility index (Phi) is 5.57. The van der Waals surface area contributed by atoms with Crippen LogP contribution < -0.4 is 10.1 Å². The van der Waals surface area contributed by atoms with E-state index < -0.39 is 0 Å². The first-order chi connectivity index (χ1) is 9.63. The van der Waals surface area contributed by atoms with Gasteiger partial charge in [-0.2, -0.15) is 0 Å². The Hall–Kier alpha value is -0.910. The summed E-state index contributed by atoms with van der Waals surface area (Å²) in [5, 5.41) is 5.43. The number of benzene rings is 1. The van der Waals surface area contributed by atoms with Gasteiger partial charge in [-0.3, -0.25) is 0 Å². The second-order valence-electron chi connectivity index (χ2n) is 4.44. The minimum atomic E-state index is -0.206. The van der Waals surface area contributed by atoms with Crippen LogP contribution in [0.2, 0.25) is 0 Å². The summed E-state index contributed by atoms with van der Waals surface area (Å²) in [4.78, 5) is 1.19. The number of hydrogen-bond acceptors (Lipinski definition) is 3. The fourth-order valence-electron chi connectivity index (χ4n) is 2.06. The molecule has 0 fully saturated rings. The Morgan fingerprint density at radius 1 is 1.40 bits per heavy atom. The molecule has 1 aromatic heterocycles. The Morgan fingerprint density at radius 3 is 2.85 bits per heavy atom. The van der Waals surface area contributed by atoms with Crippen LogP contribution in [0.15, 0.2) is 34.1 Å². The molecule has 1 atom stereocenters. The first kappa shape index (κ1) is 15.5. The monoisotopic (exact) mass is 357 g/mol. The SMILES string of the molecule is CCNC(Cc1cc(F)ccc1Br)c1cc(OC)cs1. The van der Waals surface area contributed by atoms with Gasteiger partial charge in [-0.05, 0) is 42.8 Å². The van der Waals surface area contributed by atoms with E-state index in [0.29, 0.717) is 0 Å². The van der Waals surface area contributed by atoms with E-state index in [4.69, 9.17) is 4.74 Å². The quantitative estimate of drug-likeness (QED) is 0.818. The first-order valence-electron chi connectivity index (χ1n) is 6.43. The van der Waals surface area contributed by atoms with Crippen molar-refractivity contribution >= 4 is 27.3 Å². The van der Waals surface area contributed by atoms with Crippen molar-refractivity contribution in [2.45, 2.75) is 19.4 Å². The van der Waals surface area contributed by atoms with Crippen LogP contribution in [0.25, 0.3) is 0 Å². The van der Waals surface area contributed by atoms with Gasteiger partial charge in [0.2, 0.25) is 0 Å². The van der Waals surface area contributed by atoms with E-state index in [0.717, 1.165) is 28.8 Å². The second-order valence-corrected chi connectivity index (χ2v) is 6.24. The zero-order chi connectivity index (χ0) is 14.5. The normalized spacial score (nSPS) is 12.4. The molecule has 1 aromatic carbocycles. The van der Waals surface area contributed by atoms with E-state index >= 15 is 0 Å². The minimum absolute atomic E-state index is 0.159. The average Bonchev–Trinajstić information content (AvgIpc) is 2.91. The molecule has 20 heavy (non-hydrogen) atoms. The summed E-state index contributed by atoms with van der Waals surface area (Å²) < 4.78 is 19.6. The van der Waals surface area contributed by atoms with Gasteiger partial charge in [0.25, 0.3) is 0 Å². The molecule has 0 aliphatic carbocycles. The third-order valence-electron chi connectivity index (χ3n) is 3.06. The van der Waals surface area contributed by atoms with Crippen molar-refractivity contribution in [3.63, 3.8) is 0 Å². The van der Waals surface area contributed by atoms with Crippen LogP contribution in [0.3, 0.4) is 0 Å². The lowest BCUT2D eigenvalue weighted by Gasteiger charge is -2.17. The van der Waals surface area contributed by atoms with Gasteiger partial charge in [-0.15, -0.1) is 11.3 Å². The molecule has 1 heterocycles. The van der Waals surface area contributed by atoms with Crippen LogP contribution in [0.5, 0.6) is 5.75 Å². The zero-order valence-electron chi connectivity index (χ0n) is 11.5. The van der Waals surface area contributed by atoms with Gasteiger partial charge in [-0.25, -0.2) is 4.39 Å². The second kappa shape index (κ2) is 7.20. The summed E-state index contributed by atoms with van der Waals surface area (Å²) in [6, 6.07) is 6.99. The van der Waals surface area contributed by atoms with E-state index in [1.807, 2.05) is 11.4 Å². The summed E-state index contributed by atoms with van der Waals surface area (Å²) in [6.45, 7) is 2.93. The molecule has 0 aliphatic rings. The van der Waals surface area contributed by atoms with Gasteiger partial charge in [-0.1, -0.05) is 22.9 Å². The number of hydrogen-bond donors (Lipinski definition) is 1. The molecule has 1 unspecified atom stereocenters. The summed E-state index contributed by atoms with van der Waals surface area (Å²) in [7, 11) is 1.66. The van der Waals surface area contributed by atoms with E-state index in [9.17, 15) is 4.39 Å². The van der Waals surface area contributed by atoms with Crippen LogP contribution in [-0.4, -0.2) is 13.7 Å². The van der Waals surface area contributed by atoms with Gasteiger partial charge in [0.1, 0.15) is 11.6 Å². The lowest BCUT2D eigenvalue weighted by Crippen LogP contribution is -2.22. The molecule has 2 nitrogen and oxygen atoms in total. The van der Waals surface area contributed by atoms with Crippen molar-refractivity contribution in [3.8, 4) is 5.75 Å². The van der Waals surface area contributed by atoms with Crippen molar-refractivity contribution < 1.29 is 9.13 Å². The highest BCUT2D eigenvalue weighted by Crippen LogP contribution is 2.31. The van der Waals surface area contributed by atoms with Crippen molar-refractivity contribution in [1.29, 1.82) is 0 Å². The Balaban J connectivity index is 2.22. The standard InChI is InChI=1S/C15H17BrFNOS/c1-3-18-14(15-8-12(19-2)9-20-15)7-10-6-11(17)4-5-13(10)16/h4-6,8-9,14,18H,3,7H2,1-2H3. The molecule has 2 rings (SSSR count). The molecule has 108 valence electrons. The minimum Gasteiger partial charge on any atom is -0.496 e. The maximum absolute atomic E-state index is 13.4. The number of likely N-dealkylation sites (N-methyl/N-ethyl adjacent to an activating group) is 1. The number of thiophene rings is 1. The van der Waals surface area contributed by atoms with Crippen LogP contribution in [-0.2, 0) is 6.42 Å². The molecule has 0 saturated heterocycles. The highest BCUT2D eigenvalue weighted by molar-refractivity contribution is 9.10. The molecule has 5 heteroatoms. The smallest absolute Gasteiger partial charge is 0.129 e. The molecule has 0 saturated carbocycles. The van der Waals surface area contributed by atoms with Gasteiger partial charge in [0.05, 0.1) is 7.11 Å². The number of methoxy groups -OCH3 is 1. The fraction of sp³-hybridized carbons (Fsp3) is 0.333. The van der Waals surface area contributed by atoms with Gasteiger partial charge < -0.3 is 10.1 Å². The summed E-state index contributed by atoms with van der Waals surface area (Å²) >= 11 is 5.14. The van der Waals surface area contributed by atoms with Crippen LogP contribution >= 0.6 is 27.3 Å². The summed E-state index contributed by atoms with van der Waals surface area (Å²) in [5.41, 5.74) is 0.961. The van der Waals surface area contributed by atoms with Gasteiger partial charge >= 0.3 is 0 Å². The molecule has 2 aromatic rings. The van der Waals surface area contributed by atoms with E-state index in [2.05, 4.69) is 28.2 Å². The van der Waals surface area contributed by atoms with Crippen molar-refractivity contribution in [1.82, 2.24) is 5.32 Å². The molecule has 1 N–H and O–H groups in total. The lowest BCUT2D eigenvalue weighted by atomic mass is 10.0. The Labute approximate surface area is 131 Å². The predicted molar refractivity (Wildman–Crippen MR) is 85.1 cm³/mol. The predicted octanol–water partition coefficient (Wildman–Crippen LogP) is 4.55. The maximum atomic E-state index is 13.4. The number of nitrogens with one attached hydrogen (secondary N) is 1. The van der Waals surface area contributed by atoms with Crippen molar-refractivity contribution in [2.24, 2.45) is 0 Å². The average molecular weight is 358 g/mol. The van der Waals surface area contributed by atoms with E-state index in [1.54, 1.807) is 30.6 Å². The summed E-state index contributed by atoms with van der Waals surface area (Å²) in [5.74, 6) is 0.661. The number of halogens is 2. The van der Waals surface area contributed by atoms with Gasteiger partial charge in [0, 0.05) is 20.8 Å². The van der Waals surface area contributed by atoms with Crippen LogP contribution in [0, 0.1) is 5.82 Å². The molecule has 0 amide bonds. The summed E-state index contributed by atoms with van der Waals surface area (Å²) in [6.07, 6.45) is 0.732. The largest absolute Gasteiger partial charge is 0.496 e. The Bertz CT molecular complexity index is 573. The third-order valence-corrected chi connectivity index (χ3v) is 4.86. The lowest BCUT2D eigenvalue weighted by molar-refractivity contribution is 0.415. The molecular weight excluding hydrogens is 341 g/mol. The molecule has 0 spiro atoms. The van der Waals surface area contributed by atoms with Crippen LogP contribution in [0.4, 0.5) is 4.39 Å². The highest BCUT2D eigenvalue weighted by atomic mass is 79.9. The third kappa shape index (κ3) is 3.81. The molecule has 0 bridgehead atoms. The van der Waals surface area contributed by atoms with E-state index in [-0.39, 0.29) is 11.9 Å². The van der Waals surface area contributed by atoms with E-state index in [1.165, 1.54) is 10.9 Å². The van der Waals surface area contributed by atoms with Crippen LogP contribution in [0.1, 0.15) is 23.4 Å². The number of ether oxygens (including phenoxy) is 1. The van der Waals surface area contributed by atoms with Crippen molar-refractivity contribution in [2.75, 3.05) is 13.7 Å². The maximum Gasteiger partial charge on any atom is 0.129 e.